The molecule has 23 heavy (non-hydrogen) atoms. The van der Waals surface area contributed by atoms with Crippen molar-refractivity contribution in [3.63, 3.8) is 0 Å². The van der Waals surface area contributed by atoms with Gasteiger partial charge in [-0.2, -0.15) is 0 Å². The summed E-state index contributed by atoms with van der Waals surface area (Å²) in [5.41, 5.74) is 3.82. The SMILES string of the molecule is COc1ccc(OC)c2c1CC1(Cc3cccc(Br)c3C1)C2=O. The fourth-order valence-electron chi connectivity index (χ4n) is 4.09. The van der Waals surface area contributed by atoms with Crippen molar-refractivity contribution in [2.24, 2.45) is 5.41 Å². The van der Waals surface area contributed by atoms with E-state index in [2.05, 4.69) is 22.0 Å². The van der Waals surface area contributed by atoms with E-state index in [1.54, 1.807) is 14.2 Å². The highest BCUT2D eigenvalue weighted by Crippen LogP contribution is 2.52. The number of halogens is 1. The van der Waals surface area contributed by atoms with Crippen LogP contribution in [0.5, 0.6) is 11.5 Å². The van der Waals surface area contributed by atoms with Gasteiger partial charge in [0.05, 0.1) is 19.8 Å². The first-order valence-electron chi connectivity index (χ1n) is 7.64. The van der Waals surface area contributed by atoms with Gasteiger partial charge in [-0.05, 0) is 48.6 Å². The molecule has 0 amide bonds. The lowest BCUT2D eigenvalue weighted by Gasteiger charge is -2.20. The molecule has 4 rings (SSSR count). The quantitative estimate of drug-likeness (QED) is 0.799. The average Bonchev–Trinajstić information content (AvgIpc) is 3.07. The molecule has 0 saturated carbocycles. The molecule has 3 nitrogen and oxygen atoms in total. The highest BCUT2D eigenvalue weighted by atomic mass is 79.9. The van der Waals surface area contributed by atoms with Crippen LogP contribution in [0.3, 0.4) is 0 Å². The maximum Gasteiger partial charge on any atom is 0.174 e. The van der Waals surface area contributed by atoms with Gasteiger partial charge in [-0.1, -0.05) is 28.1 Å². The van der Waals surface area contributed by atoms with Crippen LogP contribution in [0.25, 0.3) is 0 Å². The fraction of sp³-hybridized carbons (Fsp3) is 0.316. The van der Waals surface area contributed by atoms with Gasteiger partial charge < -0.3 is 9.47 Å². The highest BCUT2D eigenvalue weighted by Gasteiger charge is 2.51. The second-order valence-corrected chi connectivity index (χ2v) is 7.20. The Hall–Kier alpha value is -1.81. The molecule has 0 fully saturated rings. The molecule has 0 aromatic heterocycles. The lowest BCUT2D eigenvalue weighted by atomic mass is 9.80. The van der Waals surface area contributed by atoms with Crippen LogP contribution in [-0.2, 0) is 19.3 Å². The van der Waals surface area contributed by atoms with Crippen LogP contribution in [0.1, 0.15) is 27.0 Å². The normalized spacial score (nSPS) is 21.4. The molecule has 1 atom stereocenters. The van der Waals surface area contributed by atoms with Crippen LogP contribution in [0.4, 0.5) is 0 Å². The first-order chi connectivity index (χ1) is 11.1. The van der Waals surface area contributed by atoms with Gasteiger partial charge in [-0.15, -0.1) is 0 Å². The topological polar surface area (TPSA) is 35.5 Å². The summed E-state index contributed by atoms with van der Waals surface area (Å²) in [5, 5.41) is 0. The van der Waals surface area contributed by atoms with Gasteiger partial charge in [-0.3, -0.25) is 4.79 Å². The summed E-state index contributed by atoms with van der Waals surface area (Å²) in [6.45, 7) is 0. The van der Waals surface area contributed by atoms with Crippen molar-refractivity contribution < 1.29 is 14.3 Å². The van der Waals surface area contributed by atoms with Crippen molar-refractivity contribution in [2.75, 3.05) is 14.2 Å². The van der Waals surface area contributed by atoms with E-state index in [-0.39, 0.29) is 5.78 Å². The Kier molecular flexibility index (Phi) is 3.27. The standard InChI is InChI=1S/C19H17BrO3/c1-22-15-6-7-16(23-2)17-13(15)10-19(18(17)21)8-11-4-3-5-14(20)12(11)9-19/h3-7H,8-10H2,1-2H3. The smallest absolute Gasteiger partial charge is 0.174 e. The molecule has 2 aliphatic carbocycles. The molecular weight excluding hydrogens is 356 g/mol. The highest BCUT2D eigenvalue weighted by molar-refractivity contribution is 9.10. The number of carbonyl (C=O) groups excluding carboxylic acids is 1. The molecule has 2 aromatic carbocycles. The van der Waals surface area contributed by atoms with Gasteiger partial charge in [0.15, 0.2) is 5.78 Å². The predicted molar refractivity (Wildman–Crippen MR) is 91.6 cm³/mol. The van der Waals surface area contributed by atoms with Gasteiger partial charge in [0, 0.05) is 15.5 Å². The maximum absolute atomic E-state index is 13.3. The first-order valence-corrected chi connectivity index (χ1v) is 8.44. The number of benzene rings is 2. The Balaban J connectivity index is 1.84. The summed E-state index contributed by atoms with van der Waals surface area (Å²) in [4.78, 5) is 13.3. The zero-order valence-electron chi connectivity index (χ0n) is 13.1. The molecule has 0 saturated heterocycles. The molecule has 2 aromatic rings. The third-order valence-corrected chi connectivity index (χ3v) is 5.90. The molecule has 0 aliphatic heterocycles. The molecule has 0 bridgehead atoms. The third-order valence-electron chi connectivity index (χ3n) is 5.16. The van der Waals surface area contributed by atoms with Crippen molar-refractivity contribution in [3.8, 4) is 11.5 Å². The second kappa shape index (κ2) is 5.10. The van der Waals surface area contributed by atoms with Crippen molar-refractivity contribution in [1.29, 1.82) is 0 Å². The molecule has 2 aliphatic rings. The number of hydrogen-bond acceptors (Lipinski definition) is 3. The van der Waals surface area contributed by atoms with Crippen molar-refractivity contribution >= 4 is 21.7 Å². The maximum atomic E-state index is 13.3. The zero-order chi connectivity index (χ0) is 16.2. The Morgan fingerprint density at radius 2 is 1.65 bits per heavy atom. The Morgan fingerprint density at radius 1 is 0.957 bits per heavy atom. The molecule has 1 spiro atoms. The summed E-state index contributed by atoms with van der Waals surface area (Å²) in [6, 6.07) is 9.93. The number of ketones is 1. The van der Waals surface area contributed by atoms with Crippen molar-refractivity contribution in [1.82, 2.24) is 0 Å². The van der Waals surface area contributed by atoms with Crippen LogP contribution >= 0.6 is 15.9 Å². The zero-order valence-corrected chi connectivity index (χ0v) is 14.7. The van der Waals surface area contributed by atoms with Crippen molar-refractivity contribution in [3.05, 3.63) is 57.1 Å². The Labute approximate surface area is 143 Å². The van der Waals surface area contributed by atoms with Crippen LogP contribution < -0.4 is 9.47 Å². The molecule has 1 unspecified atom stereocenters. The van der Waals surface area contributed by atoms with E-state index >= 15 is 0 Å². The third kappa shape index (κ3) is 1.97. The van der Waals surface area contributed by atoms with Crippen LogP contribution in [0.2, 0.25) is 0 Å². The number of hydrogen-bond donors (Lipinski definition) is 0. The minimum Gasteiger partial charge on any atom is -0.496 e. The minimum absolute atomic E-state index is 0.186. The molecular formula is C19H17BrO3. The van der Waals surface area contributed by atoms with E-state index in [9.17, 15) is 4.79 Å². The number of fused-ring (bicyclic) bond motifs is 2. The average molecular weight is 373 g/mol. The minimum atomic E-state index is -0.392. The van der Waals surface area contributed by atoms with E-state index in [4.69, 9.17) is 9.47 Å². The summed E-state index contributed by atoms with van der Waals surface area (Å²) in [5.74, 6) is 1.62. The number of methoxy groups -OCH3 is 2. The summed E-state index contributed by atoms with van der Waals surface area (Å²) in [7, 11) is 3.26. The number of ether oxygens (including phenoxy) is 2. The number of carbonyl (C=O) groups is 1. The van der Waals surface area contributed by atoms with Gasteiger partial charge >= 0.3 is 0 Å². The Morgan fingerprint density at radius 3 is 2.35 bits per heavy atom. The summed E-state index contributed by atoms with van der Waals surface area (Å²) >= 11 is 3.63. The van der Waals surface area contributed by atoms with Crippen LogP contribution in [0, 0.1) is 5.41 Å². The van der Waals surface area contributed by atoms with E-state index in [1.165, 1.54) is 11.1 Å². The van der Waals surface area contributed by atoms with E-state index in [0.717, 1.165) is 28.6 Å². The molecule has 4 heteroatoms. The fourth-order valence-corrected chi connectivity index (χ4v) is 4.64. The summed E-state index contributed by atoms with van der Waals surface area (Å²) in [6.07, 6.45) is 2.26. The largest absolute Gasteiger partial charge is 0.496 e. The lowest BCUT2D eigenvalue weighted by molar-refractivity contribution is 0.0829. The monoisotopic (exact) mass is 372 g/mol. The number of Topliss-reactive ketones (excluding diaryl/α,β-unsaturated/α-hetero) is 1. The summed E-state index contributed by atoms with van der Waals surface area (Å²) < 4.78 is 12.0. The lowest BCUT2D eigenvalue weighted by Crippen LogP contribution is -2.28. The van der Waals surface area contributed by atoms with Crippen LogP contribution in [-0.4, -0.2) is 20.0 Å². The Bertz CT molecular complexity index is 828. The van der Waals surface area contributed by atoms with Gasteiger partial charge in [0.2, 0.25) is 0 Å². The molecule has 0 N–H and O–H groups in total. The van der Waals surface area contributed by atoms with E-state index in [0.29, 0.717) is 17.7 Å². The van der Waals surface area contributed by atoms with Crippen LogP contribution in [0.15, 0.2) is 34.8 Å². The van der Waals surface area contributed by atoms with Crippen molar-refractivity contribution in [2.45, 2.75) is 19.3 Å². The predicted octanol–water partition coefficient (Wildman–Crippen LogP) is 3.99. The van der Waals surface area contributed by atoms with Gasteiger partial charge in [0.1, 0.15) is 11.5 Å². The van der Waals surface area contributed by atoms with Gasteiger partial charge in [-0.25, -0.2) is 0 Å². The second-order valence-electron chi connectivity index (χ2n) is 6.34. The number of rotatable bonds is 2. The van der Waals surface area contributed by atoms with E-state index in [1.807, 2.05) is 24.3 Å². The molecule has 0 radical (unpaired) electrons. The van der Waals surface area contributed by atoms with Gasteiger partial charge in [0.25, 0.3) is 0 Å². The molecule has 118 valence electrons. The van der Waals surface area contributed by atoms with E-state index < -0.39 is 5.41 Å². The molecule has 0 heterocycles. The first kappa shape index (κ1) is 14.8.